The summed E-state index contributed by atoms with van der Waals surface area (Å²) in [5, 5.41) is 8.12. The number of hydrogen-bond donors (Lipinski definition) is 2. The van der Waals surface area contributed by atoms with Crippen molar-refractivity contribution in [3.05, 3.63) is 42.5 Å². The van der Waals surface area contributed by atoms with E-state index in [1.54, 1.807) is 0 Å². The van der Waals surface area contributed by atoms with E-state index in [-0.39, 0.29) is 18.4 Å². The van der Waals surface area contributed by atoms with Crippen molar-refractivity contribution in [2.75, 3.05) is 25.0 Å². The number of benzene rings is 2. The number of rotatable bonds is 8. The number of aryl methyl sites for hydroxylation is 1. The van der Waals surface area contributed by atoms with Crippen LogP contribution in [0.4, 0.5) is 5.69 Å². The molecular formula is C23H30N4O2. The van der Waals surface area contributed by atoms with Crippen LogP contribution in [0.3, 0.4) is 0 Å². The summed E-state index contributed by atoms with van der Waals surface area (Å²) >= 11 is 0. The van der Waals surface area contributed by atoms with E-state index >= 15 is 0 Å². The minimum absolute atomic E-state index is 0.0669. The molecule has 2 amide bonds. The van der Waals surface area contributed by atoms with Crippen LogP contribution in [0, 0.1) is 0 Å². The molecule has 2 aromatic carbocycles. The molecule has 0 saturated heterocycles. The van der Waals surface area contributed by atoms with Gasteiger partial charge >= 0.3 is 0 Å². The standard InChI is InChI=1S/C23H30N4O2/c1-5-24-22(28)15-26(6-2)16(4)23(29)25-17-12-13-21-19(14-17)18-10-8-9-11-20(18)27(21)7-3/h8-14,16H,5-7,15H2,1-4H3,(H,24,28)(H,25,29)/t16-/m0/s1. The Hall–Kier alpha value is -2.86. The Labute approximate surface area is 171 Å². The van der Waals surface area contributed by atoms with Crippen LogP contribution in [0.15, 0.2) is 42.5 Å². The van der Waals surface area contributed by atoms with Crippen molar-refractivity contribution in [2.45, 2.75) is 40.3 Å². The van der Waals surface area contributed by atoms with E-state index in [2.05, 4.69) is 40.3 Å². The fourth-order valence-electron chi connectivity index (χ4n) is 3.84. The molecule has 0 aliphatic rings. The van der Waals surface area contributed by atoms with Crippen LogP contribution in [-0.4, -0.2) is 47.0 Å². The SMILES string of the molecule is CCNC(=O)CN(CC)[C@@H](C)C(=O)Nc1ccc2c(c1)c1ccccc1n2CC. The number of nitrogens with one attached hydrogen (secondary N) is 2. The zero-order valence-corrected chi connectivity index (χ0v) is 17.7. The zero-order chi connectivity index (χ0) is 21.0. The molecule has 0 aliphatic carbocycles. The van der Waals surface area contributed by atoms with E-state index in [4.69, 9.17) is 0 Å². The number of aromatic nitrogens is 1. The molecule has 1 aromatic heterocycles. The average molecular weight is 395 g/mol. The minimum atomic E-state index is -0.407. The van der Waals surface area contributed by atoms with Crippen LogP contribution in [0.5, 0.6) is 0 Å². The Morgan fingerprint density at radius 3 is 2.45 bits per heavy atom. The Balaban J connectivity index is 1.83. The summed E-state index contributed by atoms with van der Waals surface area (Å²) in [6.07, 6.45) is 0. The summed E-state index contributed by atoms with van der Waals surface area (Å²) in [4.78, 5) is 26.6. The molecule has 3 rings (SSSR count). The summed E-state index contributed by atoms with van der Waals surface area (Å²) in [5.41, 5.74) is 3.12. The van der Waals surface area contributed by atoms with E-state index in [0.717, 1.165) is 23.1 Å². The van der Waals surface area contributed by atoms with Crippen LogP contribution in [0.2, 0.25) is 0 Å². The van der Waals surface area contributed by atoms with Gasteiger partial charge in [0.05, 0.1) is 12.6 Å². The number of amides is 2. The summed E-state index contributed by atoms with van der Waals surface area (Å²) < 4.78 is 2.28. The first-order chi connectivity index (χ1) is 14.0. The van der Waals surface area contributed by atoms with E-state index in [0.29, 0.717) is 13.1 Å². The zero-order valence-electron chi connectivity index (χ0n) is 17.7. The van der Waals surface area contributed by atoms with E-state index in [1.165, 1.54) is 10.9 Å². The van der Waals surface area contributed by atoms with Gasteiger partial charge in [-0.3, -0.25) is 14.5 Å². The topological polar surface area (TPSA) is 66.4 Å². The van der Waals surface area contributed by atoms with Gasteiger partial charge in [-0.25, -0.2) is 0 Å². The van der Waals surface area contributed by atoms with Gasteiger partial charge in [0.15, 0.2) is 0 Å². The highest BCUT2D eigenvalue weighted by atomic mass is 16.2. The average Bonchev–Trinajstić information content (AvgIpc) is 3.04. The normalized spacial score (nSPS) is 12.4. The van der Waals surface area contributed by atoms with Gasteiger partial charge in [-0.05, 0) is 51.6 Å². The van der Waals surface area contributed by atoms with Gasteiger partial charge in [0, 0.05) is 40.6 Å². The molecule has 29 heavy (non-hydrogen) atoms. The maximum Gasteiger partial charge on any atom is 0.241 e. The van der Waals surface area contributed by atoms with Crippen LogP contribution in [0.1, 0.15) is 27.7 Å². The second kappa shape index (κ2) is 9.09. The van der Waals surface area contributed by atoms with Gasteiger partial charge in [-0.2, -0.15) is 0 Å². The lowest BCUT2D eigenvalue weighted by Gasteiger charge is -2.26. The van der Waals surface area contributed by atoms with Crippen LogP contribution in [-0.2, 0) is 16.1 Å². The number of hydrogen-bond acceptors (Lipinski definition) is 3. The Bertz CT molecular complexity index is 1020. The number of carbonyl (C=O) groups excluding carboxylic acids is 2. The van der Waals surface area contributed by atoms with Crippen molar-refractivity contribution < 1.29 is 9.59 Å². The maximum absolute atomic E-state index is 12.8. The van der Waals surface area contributed by atoms with Gasteiger partial charge in [-0.1, -0.05) is 25.1 Å². The van der Waals surface area contributed by atoms with Gasteiger partial charge < -0.3 is 15.2 Å². The molecule has 1 atom stereocenters. The highest BCUT2D eigenvalue weighted by molar-refractivity contribution is 6.10. The second-order valence-corrected chi connectivity index (χ2v) is 7.18. The fourth-order valence-corrected chi connectivity index (χ4v) is 3.84. The van der Waals surface area contributed by atoms with Crippen LogP contribution >= 0.6 is 0 Å². The summed E-state index contributed by atoms with van der Waals surface area (Å²) in [6.45, 7) is 10.1. The highest BCUT2D eigenvalue weighted by Crippen LogP contribution is 2.31. The first-order valence-corrected chi connectivity index (χ1v) is 10.3. The van der Waals surface area contributed by atoms with Crippen molar-refractivity contribution >= 4 is 39.3 Å². The van der Waals surface area contributed by atoms with Gasteiger partial charge in [0.2, 0.25) is 11.8 Å². The molecule has 0 aliphatic heterocycles. The summed E-state index contributed by atoms with van der Waals surface area (Å²) in [6, 6.07) is 14.0. The van der Waals surface area contributed by atoms with Gasteiger partial charge in [0.1, 0.15) is 0 Å². The predicted octanol–water partition coefficient (Wildman–Crippen LogP) is 3.60. The molecule has 1 heterocycles. The third-order valence-electron chi connectivity index (χ3n) is 5.41. The number of nitrogens with zero attached hydrogens (tertiary/aromatic N) is 2. The van der Waals surface area contributed by atoms with Crippen molar-refractivity contribution in [1.82, 2.24) is 14.8 Å². The monoisotopic (exact) mass is 394 g/mol. The minimum Gasteiger partial charge on any atom is -0.355 e. The molecule has 0 radical (unpaired) electrons. The first-order valence-electron chi connectivity index (χ1n) is 10.3. The molecule has 6 nitrogen and oxygen atoms in total. The second-order valence-electron chi connectivity index (χ2n) is 7.18. The number of fused-ring (bicyclic) bond motifs is 3. The highest BCUT2D eigenvalue weighted by Gasteiger charge is 2.22. The fraction of sp³-hybridized carbons (Fsp3) is 0.391. The third-order valence-corrected chi connectivity index (χ3v) is 5.41. The van der Waals surface area contributed by atoms with Crippen molar-refractivity contribution in [1.29, 1.82) is 0 Å². The molecule has 3 aromatic rings. The molecule has 0 fully saturated rings. The van der Waals surface area contributed by atoms with Gasteiger partial charge in [-0.15, -0.1) is 0 Å². The molecule has 0 bridgehead atoms. The third kappa shape index (κ3) is 4.27. The number of carbonyl (C=O) groups is 2. The van der Waals surface area contributed by atoms with E-state index in [1.807, 2.05) is 49.9 Å². The summed E-state index contributed by atoms with van der Waals surface area (Å²) in [5.74, 6) is -0.183. The predicted molar refractivity (Wildman–Crippen MR) is 119 cm³/mol. The lowest BCUT2D eigenvalue weighted by molar-refractivity contribution is -0.125. The van der Waals surface area contributed by atoms with E-state index in [9.17, 15) is 9.59 Å². The molecule has 0 unspecified atom stereocenters. The van der Waals surface area contributed by atoms with Crippen LogP contribution in [0.25, 0.3) is 21.8 Å². The van der Waals surface area contributed by atoms with Crippen molar-refractivity contribution in [2.24, 2.45) is 0 Å². The Kier molecular flexibility index (Phi) is 6.54. The molecule has 6 heteroatoms. The van der Waals surface area contributed by atoms with E-state index < -0.39 is 6.04 Å². The van der Waals surface area contributed by atoms with Crippen LogP contribution < -0.4 is 10.6 Å². The molecule has 0 saturated carbocycles. The largest absolute Gasteiger partial charge is 0.355 e. The molecular weight excluding hydrogens is 364 g/mol. The molecule has 2 N–H and O–H groups in total. The van der Waals surface area contributed by atoms with Crippen molar-refractivity contribution in [3.63, 3.8) is 0 Å². The van der Waals surface area contributed by atoms with Gasteiger partial charge in [0.25, 0.3) is 0 Å². The Morgan fingerprint density at radius 2 is 1.76 bits per heavy atom. The smallest absolute Gasteiger partial charge is 0.241 e. The summed E-state index contributed by atoms with van der Waals surface area (Å²) in [7, 11) is 0. The van der Waals surface area contributed by atoms with Crippen molar-refractivity contribution in [3.8, 4) is 0 Å². The number of anilines is 1. The maximum atomic E-state index is 12.8. The molecule has 0 spiro atoms. The number of likely N-dealkylation sites (N-methyl/N-ethyl adjacent to an activating group) is 2. The lowest BCUT2D eigenvalue weighted by atomic mass is 10.1. The number of para-hydroxylation sites is 1. The first kappa shape index (κ1) is 20.9. The lowest BCUT2D eigenvalue weighted by Crippen LogP contribution is -2.46. The molecule has 154 valence electrons. The Morgan fingerprint density at radius 1 is 1.03 bits per heavy atom. The quantitative estimate of drug-likeness (QED) is 0.613.